The van der Waals surface area contributed by atoms with Gasteiger partial charge in [-0.05, 0) is 13.3 Å². The Hall–Kier alpha value is -1.10. The van der Waals surface area contributed by atoms with E-state index in [-0.39, 0.29) is 17.9 Å². The molecule has 5 nitrogen and oxygen atoms in total. The number of nitrogens with zero attached hydrogens (tertiary/aromatic N) is 1. The summed E-state index contributed by atoms with van der Waals surface area (Å²) >= 11 is 0. The third-order valence-electron chi connectivity index (χ3n) is 2.61. The van der Waals surface area contributed by atoms with E-state index in [1.165, 1.54) is 14.0 Å². The van der Waals surface area contributed by atoms with Crippen LogP contribution < -0.4 is 5.32 Å². The van der Waals surface area contributed by atoms with Gasteiger partial charge in [0.25, 0.3) is 5.91 Å². The molecule has 1 N–H and O–H groups in total. The van der Waals surface area contributed by atoms with Gasteiger partial charge in [0.1, 0.15) is 6.10 Å². The maximum Gasteiger partial charge on any atom is 0.251 e. The van der Waals surface area contributed by atoms with Crippen molar-refractivity contribution in [1.82, 2.24) is 10.2 Å². The second-order valence-electron chi connectivity index (χ2n) is 3.85. The molecule has 2 atom stereocenters. The summed E-state index contributed by atoms with van der Waals surface area (Å²) in [5.74, 6) is -0.0561. The minimum Gasteiger partial charge on any atom is -0.372 e. The molecule has 0 aromatic carbocycles. The van der Waals surface area contributed by atoms with Crippen LogP contribution in [0.25, 0.3) is 0 Å². The highest BCUT2D eigenvalue weighted by Crippen LogP contribution is 2.11. The Kier molecular flexibility index (Phi) is 4.08. The minimum atomic E-state index is -0.402. The summed E-state index contributed by atoms with van der Waals surface area (Å²) in [7, 11) is 1.52. The van der Waals surface area contributed by atoms with Crippen LogP contribution in [-0.4, -0.2) is 49.1 Å². The largest absolute Gasteiger partial charge is 0.372 e. The Bertz CT molecular complexity index is 255. The summed E-state index contributed by atoms with van der Waals surface area (Å²) in [5, 5.41) is 2.81. The highest BCUT2D eigenvalue weighted by molar-refractivity contribution is 5.81. The lowest BCUT2D eigenvalue weighted by Gasteiger charge is -2.20. The number of likely N-dealkylation sites (tertiary alicyclic amines) is 1. The first kappa shape index (κ1) is 12.0. The van der Waals surface area contributed by atoms with E-state index in [9.17, 15) is 9.59 Å². The van der Waals surface area contributed by atoms with Crippen LogP contribution in [0.2, 0.25) is 0 Å². The average molecular weight is 214 g/mol. The summed E-state index contributed by atoms with van der Waals surface area (Å²) in [6.45, 7) is 4.50. The zero-order chi connectivity index (χ0) is 11.4. The van der Waals surface area contributed by atoms with Crippen molar-refractivity contribution >= 4 is 11.8 Å². The topological polar surface area (TPSA) is 58.6 Å². The third-order valence-corrected chi connectivity index (χ3v) is 2.61. The van der Waals surface area contributed by atoms with Crippen LogP contribution in [0.4, 0.5) is 0 Å². The molecule has 0 bridgehead atoms. The molecule has 0 saturated carbocycles. The molecular weight excluding hydrogens is 196 g/mol. The van der Waals surface area contributed by atoms with Gasteiger partial charge >= 0.3 is 0 Å². The smallest absolute Gasteiger partial charge is 0.251 e. The minimum absolute atomic E-state index is 0.00893. The number of hydrogen-bond acceptors (Lipinski definition) is 3. The lowest BCUT2D eigenvalue weighted by Crippen LogP contribution is -2.40. The van der Waals surface area contributed by atoms with Gasteiger partial charge in [0, 0.05) is 33.2 Å². The Morgan fingerprint density at radius 1 is 1.53 bits per heavy atom. The number of carbonyl (C=O) groups is 2. The fourth-order valence-electron chi connectivity index (χ4n) is 1.72. The molecule has 0 aliphatic carbocycles. The SMILES string of the molecule is COC(C)C(=O)N1CCC(NC(C)=O)C1. The van der Waals surface area contributed by atoms with E-state index in [1.807, 2.05) is 0 Å². The highest BCUT2D eigenvalue weighted by atomic mass is 16.5. The van der Waals surface area contributed by atoms with Gasteiger partial charge in [0.15, 0.2) is 0 Å². The van der Waals surface area contributed by atoms with E-state index in [2.05, 4.69) is 5.32 Å². The van der Waals surface area contributed by atoms with E-state index < -0.39 is 6.10 Å². The first-order valence-corrected chi connectivity index (χ1v) is 5.13. The molecule has 1 fully saturated rings. The van der Waals surface area contributed by atoms with Crippen LogP contribution in [0.1, 0.15) is 20.3 Å². The number of carbonyl (C=O) groups excluding carboxylic acids is 2. The number of ether oxygens (including phenoxy) is 1. The highest BCUT2D eigenvalue weighted by Gasteiger charge is 2.29. The zero-order valence-electron chi connectivity index (χ0n) is 9.45. The van der Waals surface area contributed by atoms with Crippen molar-refractivity contribution in [2.75, 3.05) is 20.2 Å². The Balaban J connectivity index is 2.42. The molecule has 1 saturated heterocycles. The van der Waals surface area contributed by atoms with Gasteiger partial charge < -0.3 is 15.0 Å². The normalized spacial score (nSPS) is 22.6. The van der Waals surface area contributed by atoms with Crippen LogP contribution in [-0.2, 0) is 14.3 Å². The molecule has 0 radical (unpaired) electrons. The molecule has 15 heavy (non-hydrogen) atoms. The molecule has 86 valence electrons. The zero-order valence-corrected chi connectivity index (χ0v) is 9.45. The number of amides is 2. The van der Waals surface area contributed by atoms with E-state index >= 15 is 0 Å². The Labute approximate surface area is 89.8 Å². The van der Waals surface area contributed by atoms with Gasteiger partial charge in [-0.2, -0.15) is 0 Å². The first-order valence-electron chi connectivity index (χ1n) is 5.13. The van der Waals surface area contributed by atoms with Gasteiger partial charge in [0.2, 0.25) is 5.91 Å². The summed E-state index contributed by atoms with van der Waals surface area (Å²) in [5.41, 5.74) is 0. The van der Waals surface area contributed by atoms with Gasteiger partial charge in [-0.1, -0.05) is 0 Å². The number of hydrogen-bond donors (Lipinski definition) is 1. The lowest BCUT2D eigenvalue weighted by atomic mass is 10.2. The summed E-state index contributed by atoms with van der Waals surface area (Å²) < 4.78 is 4.96. The van der Waals surface area contributed by atoms with Crippen molar-refractivity contribution in [3.05, 3.63) is 0 Å². The number of methoxy groups -OCH3 is 1. The van der Waals surface area contributed by atoms with Crippen LogP contribution in [0.5, 0.6) is 0 Å². The monoisotopic (exact) mass is 214 g/mol. The molecule has 2 amide bonds. The molecule has 0 aromatic rings. The van der Waals surface area contributed by atoms with Crippen molar-refractivity contribution in [3.8, 4) is 0 Å². The van der Waals surface area contributed by atoms with Crippen molar-refractivity contribution in [2.45, 2.75) is 32.4 Å². The first-order chi connectivity index (χ1) is 7.04. The number of nitrogens with one attached hydrogen (secondary N) is 1. The molecule has 5 heteroatoms. The van der Waals surface area contributed by atoms with E-state index in [1.54, 1.807) is 11.8 Å². The average Bonchev–Trinajstić information content (AvgIpc) is 2.63. The molecular formula is C10H18N2O3. The quantitative estimate of drug-likeness (QED) is 0.705. The second-order valence-corrected chi connectivity index (χ2v) is 3.85. The van der Waals surface area contributed by atoms with Crippen LogP contribution in [0.3, 0.4) is 0 Å². The maximum absolute atomic E-state index is 11.7. The summed E-state index contributed by atoms with van der Waals surface area (Å²) in [6.07, 6.45) is 0.419. The molecule has 2 unspecified atom stereocenters. The molecule has 1 rings (SSSR count). The number of rotatable bonds is 3. The summed E-state index contributed by atoms with van der Waals surface area (Å²) in [4.78, 5) is 24.3. The van der Waals surface area contributed by atoms with E-state index in [4.69, 9.17) is 4.74 Å². The van der Waals surface area contributed by atoms with Crippen LogP contribution in [0.15, 0.2) is 0 Å². The Morgan fingerprint density at radius 2 is 2.20 bits per heavy atom. The second kappa shape index (κ2) is 5.11. The van der Waals surface area contributed by atoms with Gasteiger partial charge in [-0.3, -0.25) is 9.59 Å². The van der Waals surface area contributed by atoms with Crippen LogP contribution >= 0.6 is 0 Å². The van der Waals surface area contributed by atoms with Gasteiger partial charge in [-0.25, -0.2) is 0 Å². The third kappa shape index (κ3) is 3.20. The van der Waals surface area contributed by atoms with E-state index in [0.29, 0.717) is 13.1 Å². The fraction of sp³-hybridized carbons (Fsp3) is 0.800. The molecule has 1 aliphatic rings. The molecule has 1 heterocycles. The maximum atomic E-state index is 11.7. The van der Waals surface area contributed by atoms with Crippen molar-refractivity contribution in [1.29, 1.82) is 0 Å². The molecule has 0 aromatic heterocycles. The van der Waals surface area contributed by atoms with Gasteiger partial charge in [-0.15, -0.1) is 0 Å². The van der Waals surface area contributed by atoms with E-state index in [0.717, 1.165) is 6.42 Å². The van der Waals surface area contributed by atoms with Crippen molar-refractivity contribution in [3.63, 3.8) is 0 Å². The molecule has 0 spiro atoms. The fourth-order valence-corrected chi connectivity index (χ4v) is 1.72. The lowest BCUT2D eigenvalue weighted by molar-refractivity contribution is -0.140. The predicted molar refractivity (Wildman–Crippen MR) is 55.3 cm³/mol. The predicted octanol–water partition coefficient (Wildman–Crippen LogP) is -0.242. The van der Waals surface area contributed by atoms with Gasteiger partial charge in [0.05, 0.1) is 0 Å². The molecule has 1 aliphatic heterocycles. The summed E-state index contributed by atoms with van der Waals surface area (Å²) in [6, 6.07) is 0.0931. The van der Waals surface area contributed by atoms with Crippen LogP contribution in [0, 0.1) is 0 Å². The van der Waals surface area contributed by atoms with Crippen molar-refractivity contribution < 1.29 is 14.3 Å². The Morgan fingerprint density at radius 3 is 2.73 bits per heavy atom. The van der Waals surface area contributed by atoms with Crippen molar-refractivity contribution in [2.24, 2.45) is 0 Å². The standard InChI is InChI=1S/C10H18N2O3/c1-7(15-3)10(14)12-5-4-9(6-12)11-8(2)13/h7,9H,4-6H2,1-3H3,(H,11,13).